The fraction of sp³-hybridized carbons (Fsp3) is 0.565. The van der Waals surface area contributed by atoms with E-state index in [1.807, 2.05) is 41.8 Å². The number of hydrogen-bond acceptors (Lipinski definition) is 4. The van der Waals surface area contributed by atoms with Gasteiger partial charge in [0.15, 0.2) is 0 Å². The van der Waals surface area contributed by atoms with E-state index in [1.165, 1.54) is 0 Å². The van der Waals surface area contributed by atoms with Gasteiger partial charge in [-0.15, -0.1) is 0 Å². The van der Waals surface area contributed by atoms with E-state index in [2.05, 4.69) is 10.3 Å². The highest BCUT2D eigenvalue weighted by atomic mass is 16.5. The van der Waals surface area contributed by atoms with Crippen LogP contribution in [0, 0.1) is 5.92 Å². The second kappa shape index (κ2) is 7.15. The summed E-state index contributed by atoms with van der Waals surface area (Å²) in [6, 6.07) is 5.51. The lowest BCUT2D eigenvalue weighted by atomic mass is 9.68. The van der Waals surface area contributed by atoms with E-state index in [9.17, 15) is 14.7 Å². The summed E-state index contributed by atoms with van der Waals surface area (Å²) < 4.78 is 5.39. The second-order valence-corrected chi connectivity index (χ2v) is 9.50. The molecule has 1 saturated heterocycles. The van der Waals surface area contributed by atoms with Crippen LogP contribution in [0.15, 0.2) is 18.2 Å². The number of H-pyrrole nitrogens is 1. The first-order chi connectivity index (χ1) is 14.9. The van der Waals surface area contributed by atoms with Gasteiger partial charge in [0.1, 0.15) is 5.75 Å². The number of carbonyl (C=O) groups is 2. The average Bonchev–Trinajstić information content (AvgIpc) is 3.49. The lowest BCUT2D eigenvalue weighted by Crippen LogP contribution is -2.69. The molecule has 1 aliphatic carbocycles. The third-order valence-electron chi connectivity index (χ3n) is 6.82. The van der Waals surface area contributed by atoms with Crippen molar-refractivity contribution in [1.82, 2.24) is 20.1 Å². The number of rotatable bonds is 4. The number of aliphatic hydroxyl groups is 1. The van der Waals surface area contributed by atoms with Crippen LogP contribution in [0.2, 0.25) is 0 Å². The zero-order chi connectivity index (χ0) is 21.9. The molecule has 8 heteroatoms. The van der Waals surface area contributed by atoms with Gasteiger partial charge in [-0.1, -0.05) is 0 Å². The van der Waals surface area contributed by atoms with Crippen molar-refractivity contribution < 1.29 is 19.4 Å². The van der Waals surface area contributed by atoms with Crippen LogP contribution in [0.5, 0.6) is 5.75 Å². The Labute approximate surface area is 181 Å². The van der Waals surface area contributed by atoms with Gasteiger partial charge >= 0.3 is 6.03 Å². The number of nitrogens with zero attached hydrogens (tertiary/aromatic N) is 2. The van der Waals surface area contributed by atoms with Gasteiger partial charge in [-0.2, -0.15) is 0 Å². The summed E-state index contributed by atoms with van der Waals surface area (Å²) in [5.74, 6) is 0.932. The zero-order valence-corrected chi connectivity index (χ0v) is 18.3. The summed E-state index contributed by atoms with van der Waals surface area (Å²) in [4.78, 5) is 32.9. The molecule has 3 N–H and O–H groups in total. The number of hydrogen-bond donors (Lipinski definition) is 3. The molecular weight excluding hydrogens is 396 g/mol. The molecule has 2 fully saturated rings. The number of aromatic amines is 1. The number of ether oxygens (including phenoxy) is 1. The van der Waals surface area contributed by atoms with Crippen molar-refractivity contribution in [2.24, 2.45) is 5.92 Å². The van der Waals surface area contributed by atoms with Gasteiger partial charge in [-0.25, -0.2) is 4.79 Å². The molecule has 3 aliphatic rings. The van der Waals surface area contributed by atoms with E-state index >= 15 is 0 Å². The number of likely N-dealkylation sites (tertiary alicyclic amines) is 1. The number of urea groups is 1. The molecule has 5 rings (SSSR count). The van der Waals surface area contributed by atoms with Crippen molar-refractivity contribution in [2.75, 3.05) is 33.4 Å². The van der Waals surface area contributed by atoms with Crippen LogP contribution in [0.3, 0.4) is 0 Å². The number of aliphatic hydroxyl groups excluding tert-OH is 1. The molecule has 3 amide bonds. The fourth-order valence-corrected chi connectivity index (χ4v) is 5.23. The average molecular weight is 427 g/mol. The minimum Gasteiger partial charge on any atom is -0.497 e. The fourth-order valence-electron chi connectivity index (χ4n) is 5.23. The Morgan fingerprint density at radius 1 is 1.29 bits per heavy atom. The quantitative estimate of drug-likeness (QED) is 0.698. The summed E-state index contributed by atoms with van der Waals surface area (Å²) in [6.07, 6.45) is 1.83. The van der Waals surface area contributed by atoms with E-state index < -0.39 is 6.04 Å². The molecule has 3 heterocycles. The Morgan fingerprint density at radius 3 is 2.65 bits per heavy atom. The van der Waals surface area contributed by atoms with Crippen molar-refractivity contribution in [3.8, 4) is 5.75 Å². The molecule has 2 aromatic rings. The number of nitrogens with one attached hydrogen (secondary N) is 2. The second-order valence-electron chi connectivity index (χ2n) is 9.50. The van der Waals surface area contributed by atoms with E-state index in [-0.39, 0.29) is 35.9 Å². The molecule has 1 spiro atoms. The highest BCUT2D eigenvalue weighted by Gasteiger charge is 2.56. The number of carbonyl (C=O) groups excluding carboxylic acids is 2. The molecule has 166 valence electrons. The van der Waals surface area contributed by atoms with E-state index in [4.69, 9.17) is 4.74 Å². The van der Waals surface area contributed by atoms with Crippen LogP contribution in [0.4, 0.5) is 4.79 Å². The molecule has 1 saturated carbocycles. The molecule has 2 aliphatic heterocycles. The van der Waals surface area contributed by atoms with Crippen LogP contribution in [0.1, 0.15) is 44.0 Å². The third kappa shape index (κ3) is 3.15. The van der Waals surface area contributed by atoms with Crippen LogP contribution in [-0.4, -0.2) is 71.2 Å². The van der Waals surface area contributed by atoms with Crippen molar-refractivity contribution in [2.45, 2.75) is 44.2 Å². The van der Waals surface area contributed by atoms with Gasteiger partial charge in [-0.05, 0) is 44.4 Å². The minimum absolute atomic E-state index is 0.0672. The Bertz CT molecular complexity index is 1040. The van der Waals surface area contributed by atoms with Gasteiger partial charge in [0.25, 0.3) is 0 Å². The minimum atomic E-state index is -0.398. The monoisotopic (exact) mass is 426 g/mol. The molecule has 0 unspecified atom stereocenters. The van der Waals surface area contributed by atoms with Crippen molar-refractivity contribution in [3.05, 3.63) is 29.5 Å². The summed E-state index contributed by atoms with van der Waals surface area (Å²) >= 11 is 0. The Kier molecular flexibility index (Phi) is 4.66. The predicted molar refractivity (Wildman–Crippen MR) is 116 cm³/mol. The molecule has 1 aromatic carbocycles. The molecule has 0 bridgehead atoms. The predicted octanol–water partition coefficient (Wildman–Crippen LogP) is 2.13. The zero-order valence-electron chi connectivity index (χ0n) is 18.3. The number of benzene rings is 1. The molecule has 1 aromatic heterocycles. The van der Waals surface area contributed by atoms with Gasteiger partial charge in [0.2, 0.25) is 5.91 Å². The van der Waals surface area contributed by atoms with Crippen molar-refractivity contribution in [1.29, 1.82) is 0 Å². The number of methoxy groups -OCH3 is 1. The van der Waals surface area contributed by atoms with Gasteiger partial charge in [0, 0.05) is 54.3 Å². The van der Waals surface area contributed by atoms with Gasteiger partial charge in [0.05, 0.1) is 25.2 Å². The van der Waals surface area contributed by atoms with E-state index in [0.717, 1.165) is 40.8 Å². The molecule has 8 nitrogen and oxygen atoms in total. The largest absolute Gasteiger partial charge is 0.497 e. The van der Waals surface area contributed by atoms with Crippen LogP contribution >= 0.6 is 0 Å². The van der Waals surface area contributed by atoms with Crippen molar-refractivity contribution >= 4 is 22.8 Å². The summed E-state index contributed by atoms with van der Waals surface area (Å²) in [5, 5.41) is 14.3. The lowest BCUT2D eigenvalue weighted by molar-refractivity contribution is -0.139. The number of amides is 3. The van der Waals surface area contributed by atoms with E-state index in [0.29, 0.717) is 19.6 Å². The molecule has 31 heavy (non-hydrogen) atoms. The smallest absolute Gasteiger partial charge is 0.317 e. The lowest BCUT2D eigenvalue weighted by Gasteiger charge is -2.56. The maximum absolute atomic E-state index is 13.1. The number of fused-ring (bicyclic) bond motifs is 4. The van der Waals surface area contributed by atoms with E-state index in [1.54, 1.807) is 7.11 Å². The third-order valence-corrected chi connectivity index (χ3v) is 6.82. The normalized spacial score (nSPS) is 21.9. The summed E-state index contributed by atoms with van der Waals surface area (Å²) in [5.41, 5.74) is 2.59. The maximum atomic E-state index is 13.1. The summed E-state index contributed by atoms with van der Waals surface area (Å²) in [6.45, 7) is 5.37. The highest BCUT2D eigenvalue weighted by molar-refractivity contribution is 5.90. The Morgan fingerprint density at radius 2 is 2.03 bits per heavy atom. The SMILES string of the molecule is COc1ccc2c3c([nH]c2c1)[C@H](CO)N(C(=O)C1CC1)CC31CN(C(=O)NC(C)C)C1. The standard InChI is InChI=1S/C23H30N4O4/c1-13(2)24-22(30)26-10-23(11-26)12-27(21(29)14-4-5-14)18(9-28)20-19(23)16-7-6-15(31-3)8-17(16)25-20/h6-8,13-14,18,25,28H,4-5,9-12H2,1-3H3,(H,24,30)/t18-/m0/s1. The molecular formula is C23H30N4O4. The number of aromatic nitrogens is 1. The van der Waals surface area contributed by atoms with Gasteiger partial charge < -0.3 is 29.9 Å². The molecule has 0 radical (unpaired) electrons. The first kappa shape index (κ1) is 20.2. The topological polar surface area (TPSA) is 97.9 Å². The maximum Gasteiger partial charge on any atom is 0.317 e. The first-order valence-corrected chi connectivity index (χ1v) is 11.0. The Balaban J connectivity index is 1.58. The highest BCUT2D eigenvalue weighted by Crippen LogP contribution is 2.49. The molecule has 1 atom stereocenters. The van der Waals surface area contributed by atoms with Crippen LogP contribution in [-0.2, 0) is 10.2 Å². The van der Waals surface area contributed by atoms with Crippen molar-refractivity contribution in [3.63, 3.8) is 0 Å². The van der Waals surface area contributed by atoms with Crippen LogP contribution in [0.25, 0.3) is 10.9 Å². The first-order valence-electron chi connectivity index (χ1n) is 11.0. The van der Waals surface area contributed by atoms with Crippen LogP contribution < -0.4 is 10.1 Å². The Hall–Kier alpha value is -2.74. The summed E-state index contributed by atoms with van der Waals surface area (Å²) in [7, 11) is 1.63. The van der Waals surface area contributed by atoms with Gasteiger partial charge in [-0.3, -0.25) is 4.79 Å².